The second-order valence-corrected chi connectivity index (χ2v) is 9.35. The Labute approximate surface area is 159 Å². The maximum atomic E-state index is 12.8. The van der Waals surface area contributed by atoms with Crippen LogP contribution in [0, 0.1) is 6.92 Å². The second-order valence-electron chi connectivity index (χ2n) is 7.23. The van der Waals surface area contributed by atoms with Gasteiger partial charge in [0.2, 0.25) is 5.91 Å². The number of hydrogen-bond acceptors (Lipinski definition) is 3. The number of benzene rings is 2. The summed E-state index contributed by atoms with van der Waals surface area (Å²) >= 11 is 5.93. The van der Waals surface area contributed by atoms with Gasteiger partial charge in [0, 0.05) is 29.6 Å². The molecule has 0 spiro atoms. The Morgan fingerprint density at radius 3 is 2.50 bits per heavy atom. The molecule has 0 atom stereocenters. The molecule has 0 saturated heterocycles. The zero-order valence-corrected chi connectivity index (χ0v) is 16.7. The number of fused-ring (bicyclic) bond motifs is 1. The average molecular weight is 393 g/mol. The van der Waals surface area contributed by atoms with Gasteiger partial charge in [0.15, 0.2) is 0 Å². The van der Waals surface area contributed by atoms with E-state index in [0.717, 1.165) is 16.8 Å². The normalized spacial score (nSPS) is 15.7. The fourth-order valence-electron chi connectivity index (χ4n) is 3.25. The van der Waals surface area contributed by atoms with E-state index >= 15 is 0 Å². The highest BCUT2D eigenvalue weighted by molar-refractivity contribution is 7.92. The van der Waals surface area contributed by atoms with Crippen molar-refractivity contribution in [1.29, 1.82) is 0 Å². The van der Waals surface area contributed by atoms with Crippen LogP contribution in [-0.2, 0) is 20.2 Å². The average Bonchev–Trinajstić information content (AvgIpc) is 2.81. The summed E-state index contributed by atoms with van der Waals surface area (Å²) in [6.07, 6.45) is 0. The highest BCUT2D eigenvalue weighted by Gasteiger charge is 2.37. The van der Waals surface area contributed by atoms with E-state index in [-0.39, 0.29) is 16.2 Å². The molecule has 0 radical (unpaired) electrons. The molecule has 1 aliphatic rings. The van der Waals surface area contributed by atoms with Crippen LogP contribution in [0.15, 0.2) is 41.3 Å². The minimum atomic E-state index is -3.75. The molecule has 0 fully saturated rings. The summed E-state index contributed by atoms with van der Waals surface area (Å²) < 4.78 is 28.3. The van der Waals surface area contributed by atoms with Crippen molar-refractivity contribution in [1.82, 2.24) is 0 Å². The molecular weight excluding hydrogens is 372 g/mol. The molecule has 3 rings (SSSR count). The lowest BCUT2D eigenvalue weighted by Crippen LogP contribution is -2.31. The largest absolute Gasteiger partial charge is 0.311 e. The second kappa shape index (κ2) is 6.28. The Morgan fingerprint density at radius 2 is 1.88 bits per heavy atom. The molecule has 1 amide bonds. The number of aryl methyl sites for hydroxylation is 1. The molecular formula is C19H21ClN2O3S. The minimum absolute atomic E-state index is 0.0534. The minimum Gasteiger partial charge on any atom is -0.311 e. The van der Waals surface area contributed by atoms with E-state index in [1.54, 1.807) is 42.2 Å². The molecule has 0 bridgehead atoms. The van der Waals surface area contributed by atoms with Gasteiger partial charge >= 0.3 is 0 Å². The zero-order chi connectivity index (χ0) is 19.3. The van der Waals surface area contributed by atoms with Gasteiger partial charge < -0.3 is 4.90 Å². The molecule has 1 aliphatic heterocycles. The monoisotopic (exact) mass is 392 g/mol. The first-order valence-electron chi connectivity index (χ1n) is 8.23. The van der Waals surface area contributed by atoms with Crippen molar-refractivity contribution in [2.24, 2.45) is 0 Å². The van der Waals surface area contributed by atoms with E-state index in [1.807, 2.05) is 13.8 Å². The number of sulfonamides is 1. The van der Waals surface area contributed by atoms with Crippen LogP contribution in [0.1, 0.15) is 31.9 Å². The molecule has 0 aliphatic carbocycles. The first-order valence-corrected chi connectivity index (χ1v) is 10.1. The highest BCUT2D eigenvalue weighted by Crippen LogP contribution is 2.41. The third kappa shape index (κ3) is 3.31. The number of amides is 1. The first-order chi connectivity index (χ1) is 12.0. The number of nitrogens with zero attached hydrogens (tertiary/aromatic N) is 1. The molecule has 0 aromatic heterocycles. The number of halogens is 1. The molecule has 138 valence electrons. The summed E-state index contributed by atoms with van der Waals surface area (Å²) in [4.78, 5) is 13.7. The maximum absolute atomic E-state index is 12.8. The Morgan fingerprint density at radius 1 is 1.19 bits per heavy atom. The van der Waals surface area contributed by atoms with Gasteiger partial charge in [-0.15, -0.1) is 0 Å². The molecule has 0 unspecified atom stereocenters. The van der Waals surface area contributed by atoms with Gasteiger partial charge in [0.25, 0.3) is 10.0 Å². The first kappa shape index (κ1) is 18.7. The van der Waals surface area contributed by atoms with Gasteiger partial charge in [-0.05, 0) is 54.4 Å². The topological polar surface area (TPSA) is 66.5 Å². The lowest BCUT2D eigenvalue weighted by molar-refractivity contribution is -0.116. The summed E-state index contributed by atoms with van der Waals surface area (Å²) in [6.45, 7) is 7.84. The van der Waals surface area contributed by atoms with Crippen LogP contribution in [0.3, 0.4) is 0 Å². The lowest BCUT2D eigenvalue weighted by atomic mass is 9.87. The molecule has 2 aromatic rings. The van der Waals surface area contributed by atoms with Crippen molar-refractivity contribution < 1.29 is 13.2 Å². The number of nitrogens with one attached hydrogen (secondary N) is 1. The summed E-state index contributed by atoms with van der Waals surface area (Å²) in [5.41, 5.74) is 2.53. The number of carbonyl (C=O) groups is 1. The van der Waals surface area contributed by atoms with Crippen molar-refractivity contribution in [3.63, 3.8) is 0 Å². The van der Waals surface area contributed by atoms with Crippen molar-refractivity contribution >= 4 is 38.9 Å². The smallest absolute Gasteiger partial charge is 0.261 e. The molecule has 7 heteroatoms. The zero-order valence-electron chi connectivity index (χ0n) is 15.1. The van der Waals surface area contributed by atoms with Crippen LogP contribution in [-0.4, -0.2) is 20.9 Å². The van der Waals surface area contributed by atoms with Gasteiger partial charge in [-0.25, -0.2) is 8.42 Å². The van der Waals surface area contributed by atoms with E-state index < -0.39 is 10.0 Å². The Hall–Kier alpha value is -2.05. The highest BCUT2D eigenvalue weighted by atomic mass is 35.5. The van der Waals surface area contributed by atoms with Crippen molar-refractivity contribution in [3.8, 4) is 0 Å². The predicted octanol–water partition coefficient (Wildman–Crippen LogP) is 4.09. The van der Waals surface area contributed by atoms with Gasteiger partial charge in [-0.3, -0.25) is 9.52 Å². The van der Waals surface area contributed by atoms with Gasteiger partial charge in [-0.1, -0.05) is 25.4 Å². The fourth-order valence-corrected chi connectivity index (χ4v) is 4.63. The molecule has 26 heavy (non-hydrogen) atoms. The molecule has 0 saturated carbocycles. The number of carbonyl (C=O) groups excluding carboxylic acids is 1. The van der Waals surface area contributed by atoms with Crippen LogP contribution in [0.25, 0.3) is 0 Å². The SMILES string of the molecule is CC(=O)N1CC(C)(C)c2cc(S(=O)(=O)Nc3ccc(Cl)cc3C)ccc21. The van der Waals surface area contributed by atoms with Crippen LogP contribution < -0.4 is 9.62 Å². The van der Waals surface area contributed by atoms with Crippen LogP contribution in [0.4, 0.5) is 11.4 Å². The molecule has 2 aromatic carbocycles. The molecule has 1 N–H and O–H groups in total. The summed E-state index contributed by atoms with van der Waals surface area (Å²) in [6, 6.07) is 9.88. The number of anilines is 2. The molecule has 5 nitrogen and oxygen atoms in total. The van der Waals surface area contributed by atoms with Crippen molar-refractivity contribution in [3.05, 3.63) is 52.5 Å². The fraction of sp³-hybridized carbons (Fsp3) is 0.316. The standard InChI is InChI=1S/C19H21ClN2O3S/c1-12-9-14(20)5-7-17(12)21-26(24,25)15-6-8-18-16(10-15)19(3,4)11-22(18)13(2)23/h5-10,21H,11H2,1-4H3. The third-order valence-corrected chi connectivity index (χ3v) is 6.26. The van der Waals surface area contributed by atoms with E-state index in [0.29, 0.717) is 17.3 Å². The van der Waals surface area contributed by atoms with Crippen LogP contribution in [0.5, 0.6) is 0 Å². The van der Waals surface area contributed by atoms with Gasteiger partial charge in [0.05, 0.1) is 10.6 Å². The van der Waals surface area contributed by atoms with E-state index in [2.05, 4.69) is 4.72 Å². The predicted molar refractivity (Wildman–Crippen MR) is 104 cm³/mol. The van der Waals surface area contributed by atoms with Gasteiger partial charge in [-0.2, -0.15) is 0 Å². The third-order valence-electron chi connectivity index (χ3n) is 4.66. The number of hydrogen-bond donors (Lipinski definition) is 1. The van der Waals surface area contributed by atoms with E-state index in [4.69, 9.17) is 11.6 Å². The lowest BCUT2D eigenvalue weighted by Gasteiger charge is -2.19. The van der Waals surface area contributed by atoms with Crippen LogP contribution >= 0.6 is 11.6 Å². The maximum Gasteiger partial charge on any atom is 0.261 e. The molecule has 1 heterocycles. The Bertz CT molecular complexity index is 1000. The Balaban J connectivity index is 2.01. The van der Waals surface area contributed by atoms with E-state index in [9.17, 15) is 13.2 Å². The number of rotatable bonds is 3. The van der Waals surface area contributed by atoms with Crippen molar-refractivity contribution in [2.45, 2.75) is 38.0 Å². The van der Waals surface area contributed by atoms with Gasteiger partial charge in [0.1, 0.15) is 0 Å². The summed E-state index contributed by atoms with van der Waals surface area (Å²) in [7, 11) is -3.75. The Kier molecular flexibility index (Phi) is 4.53. The summed E-state index contributed by atoms with van der Waals surface area (Å²) in [5.74, 6) is -0.0534. The quantitative estimate of drug-likeness (QED) is 0.855. The van der Waals surface area contributed by atoms with Crippen LogP contribution in [0.2, 0.25) is 5.02 Å². The van der Waals surface area contributed by atoms with Crippen molar-refractivity contribution in [2.75, 3.05) is 16.2 Å². The summed E-state index contributed by atoms with van der Waals surface area (Å²) in [5, 5.41) is 0.550. The van der Waals surface area contributed by atoms with E-state index in [1.165, 1.54) is 13.0 Å².